The van der Waals surface area contributed by atoms with Gasteiger partial charge in [-0.1, -0.05) is 49.4 Å². The topological polar surface area (TPSA) is 29.9 Å². The van der Waals surface area contributed by atoms with Gasteiger partial charge in [-0.2, -0.15) is 0 Å². The minimum atomic E-state index is 0.299. The Morgan fingerprint density at radius 3 is 2.52 bits per heavy atom. The fourth-order valence-corrected chi connectivity index (χ4v) is 2.83. The fraction of sp³-hybridized carbons (Fsp3) is 0.278. The number of aromatic nitrogens is 2. The molecule has 0 amide bonds. The van der Waals surface area contributed by atoms with Crippen LogP contribution in [0.5, 0.6) is 0 Å². The van der Waals surface area contributed by atoms with Gasteiger partial charge in [-0.15, -0.1) is 0 Å². The van der Waals surface area contributed by atoms with Crippen molar-refractivity contribution in [2.24, 2.45) is 0 Å². The summed E-state index contributed by atoms with van der Waals surface area (Å²) in [5, 5.41) is 3.58. The van der Waals surface area contributed by atoms with Crippen LogP contribution in [0.2, 0.25) is 0 Å². The summed E-state index contributed by atoms with van der Waals surface area (Å²) in [5.41, 5.74) is 3.59. The number of nitrogens with zero attached hydrogens (tertiary/aromatic N) is 2. The number of aryl methyl sites for hydroxylation is 1. The molecule has 0 spiro atoms. The van der Waals surface area contributed by atoms with Gasteiger partial charge in [0.15, 0.2) is 0 Å². The standard InChI is InChI=1S/C18H21N3/c1-3-19-17(15-9-5-4-6-10-15)13-21-14(2)20-16-11-7-8-12-18(16)21/h4-12,17,19H,3,13H2,1-2H3. The minimum Gasteiger partial charge on any atom is -0.326 e. The molecule has 21 heavy (non-hydrogen) atoms. The number of imidazole rings is 1. The van der Waals surface area contributed by atoms with Gasteiger partial charge in [0.25, 0.3) is 0 Å². The van der Waals surface area contributed by atoms with Crippen LogP contribution in [0.25, 0.3) is 11.0 Å². The van der Waals surface area contributed by atoms with E-state index in [9.17, 15) is 0 Å². The van der Waals surface area contributed by atoms with Crippen molar-refractivity contribution in [3.05, 3.63) is 66.0 Å². The summed E-state index contributed by atoms with van der Waals surface area (Å²) in [4.78, 5) is 4.66. The van der Waals surface area contributed by atoms with Gasteiger partial charge < -0.3 is 9.88 Å². The van der Waals surface area contributed by atoms with Gasteiger partial charge in [0.1, 0.15) is 5.82 Å². The molecule has 1 aromatic heterocycles. The van der Waals surface area contributed by atoms with Crippen molar-refractivity contribution in [2.75, 3.05) is 6.54 Å². The van der Waals surface area contributed by atoms with Crippen LogP contribution in [0.3, 0.4) is 0 Å². The Kier molecular flexibility index (Phi) is 4.02. The average molecular weight is 279 g/mol. The van der Waals surface area contributed by atoms with Crippen molar-refractivity contribution in [2.45, 2.75) is 26.4 Å². The van der Waals surface area contributed by atoms with Crippen LogP contribution in [0.15, 0.2) is 54.6 Å². The predicted octanol–water partition coefficient (Wildman–Crippen LogP) is 3.70. The molecule has 0 aliphatic rings. The number of rotatable bonds is 5. The molecule has 108 valence electrons. The Morgan fingerprint density at radius 2 is 1.76 bits per heavy atom. The maximum absolute atomic E-state index is 4.66. The molecule has 0 saturated carbocycles. The van der Waals surface area contributed by atoms with E-state index >= 15 is 0 Å². The number of hydrogen-bond donors (Lipinski definition) is 1. The molecular formula is C18H21N3. The summed E-state index contributed by atoms with van der Waals surface area (Å²) in [5.74, 6) is 1.06. The third kappa shape index (κ3) is 2.83. The number of nitrogens with one attached hydrogen (secondary N) is 1. The van der Waals surface area contributed by atoms with Crippen molar-refractivity contribution < 1.29 is 0 Å². The lowest BCUT2D eigenvalue weighted by atomic mass is 10.1. The number of para-hydroxylation sites is 2. The predicted molar refractivity (Wildman–Crippen MR) is 87.3 cm³/mol. The van der Waals surface area contributed by atoms with E-state index in [0.29, 0.717) is 6.04 Å². The maximum atomic E-state index is 4.66. The normalized spacial score (nSPS) is 12.7. The van der Waals surface area contributed by atoms with Gasteiger partial charge in [-0.25, -0.2) is 4.98 Å². The zero-order valence-corrected chi connectivity index (χ0v) is 12.6. The molecule has 3 aromatic rings. The molecule has 1 atom stereocenters. The van der Waals surface area contributed by atoms with Crippen molar-refractivity contribution in [3.63, 3.8) is 0 Å². The van der Waals surface area contributed by atoms with Crippen LogP contribution in [0.1, 0.15) is 24.4 Å². The van der Waals surface area contributed by atoms with E-state index < -0.39 is 0 Å². The molecule has 0 radical (unpaired) electrons. The molecule has 3 rings (SSSR count). The summed E-state index contributed by atoms with van der Waals surface area (Å²) >= 11 is 0. The highest BCUT2D eigenvalue weighted by molar-refractivity contribution is 5.75. The van der Waals surface area contributed by atoms with Crippen molar-refractivity contribution >= 4 is 11.0 Å². The maximum Gasteiger partial charge on any atom is 0.106 e. The van der Waals surface area contributed by atoms with E-state index in [-0.39, 0.29) is 0 Å². The molecule has 3 heteroatoms. The number of likely N-dealkylation sites (N-methyl/N-ethyl adjacent to an activating group) is 1. The van der Waals surface area contributed by atoms with Crippen LogP contribution in [-0.4, -0.2) is 16.1 Å². The van der Waals surface area contributed by atoms with E-state index in [1.54, 1.807) is 0 Å². The zero-order chi connectivity index (χ0) is 14.7. The second-order valence-electron chi connectivity index (χ2n) is 5.28. The molecule has 0 aliphatic heterocycles. The quantitative estimate of drug-likeness (QED) is 0.772. The Morgan fingerprint density at radius 1 is 1.05 bits per heavy atom. The van der Waals surface area contributed by atoms with Gasteiger partial charge >= 0.3 is 0 Å². The molecule has 1 heterocycles. The summed E-state index contributed by atoms with van der Waals surface area (Å²) < 4.78 is 2.30. The van der Waals surface area contributed by atoms with E-state index in [2.05, 4.69) is 77.2 Å². The van der Waals surface area contributed by atoms with Gasteiger partial charge in [-0.05, 0) is 31.2 Å². The highest BCUT2D eigenvalue weighted by atomic mass is 15.1. The lowest BCUT2D eigenvalue weighted by molar-refractivity contribution is 0.476. The van der Waals surface area contributed by atoms with E-state index in [4.69, 9.17) is 0 Å². The van der Waals surface area contributed by atoms with Gasteiger partial charge in [0.05, 0.1) is 17.1 Å². The smallest absolute Gasteiger partial charge is 0.106 e. The van der Waals surface area contributed by atoms with Crippen LogP contribution < -0.4 is 5.32 Å². The third-order valence-electron chi connectivity index (χ3n) is 3.86. The summed E-state index contributed by atoms with van der Waals surface area (Å²) in [6, 6.07) is 19.2. The molecule has 0 aliphatic carbocycles. The Balaban J connectivity index is 1.96. The number of hydrogen-bond acceptors (Lipinski definition) is 2. The Bertz CT molecular complexity index is 716. The summed E-state index contributed by atoms with van der Waals surface area (Å²) in [6.07, 6.45) is 0. The third-order valence-corrected chi connectivity index (χ3v) is 3.86. The van der Waals surface area contributed by atoms with E-state index in [1.165, 1.54) is 11.1 Å². The molecule has 1 N–H and O–H groups in total. The van der Waals surface area contributed by atoms with Crippen LogP contribution >= 0.6 is 0 Å². The Labute approximate surface area is 125 Å². The van der Waals surface area contributed by atoms with Crippen LogP contribution in [0, 0.1) is 6.92 Å². The molecule has 3 nitrogen and oxygen atoms in total. The van der Waals surface area contributed by atoms with Crippen molar-refractivity contribution in [1.29, 1.82) is 0 Å². The van der Waals surface area contributed by atoms with Gasteiger partial charge in [0, 0.05) is 6.54 Å². The molecule has 0 saturated heterocycles. The van der Waals surface area contributed by atoms with E-state index in [1.807, 2.05) is 6.07 Å². The molecule has 0 fully saturated rings. The van der Waals surface area contributed by atoms with Gasteiger partial charge in [-0.3, -0.25) is 0 Å². The lowest BCUT2D eigenvalue weighted by Gasteiger charge is -2.20. The summed E-state index contributed by atoms with van der Waals surface area (Å²) in [6.45, 7) is 6.07. The monoisotopic (exact) mass is 279 g/mol. The molecule has 2 aromatic carbocycles. The highest BCUT2D eigenvalue weighted by Crippen LogP contribution is 2.21. The number of fused-ring (bicyclic) bond motifs is 1. The first-order chi connectivity index (χ1) is 10.3. The molecule has 0 bridgehead atoms. The molecule has 1 unspecified atom stereocenters. The van der Waals surface area contributed by atoms with E-state index in [0.717, 1.165) is 24.4 Å². The van der Waals surface area contributed by atoms with Gasteiger partial charge in [0.2, 0.25) is 0 Å². The molecular weight excluding hydrogens is 258 g/mol. The largest absolute Gasteiger partial charge is 0.326 e. The average Bonchev–Trinajstić information content (AvgIpc) is 2.84. The van der Waals surface area contributed by atoms with Crippen molar-refractivity contribution in [3.8, 4) is 0 Å². The second-order valence-corrected chi connectivity index (χ2v) is 5.28. The van der Waals surface area contributed by atoms with Crippen LogP contribution in [-0.2, 0) is 6.54 Å². The fourth-order valence-electron chi connectivity index (χ4n) is 2.83. The lowest BCUT2D eigenvalue weighted by Crippen LogP contribution is -2.25. The van der Waals surface area contributed by atoms with Crippen LogP contribution in [0.4, 0.5) is 0 Å². The summed E-state index contributed by atoms with van der Waals surface area (Å²) in [7, 11) is 0. The highest BCUT2D eigenvalue weighted by Gasteiger charge is 2.14. The zero-order valence-electron chi connectivity index (χ0n) is 12.6. The Hall–Kier alpha value is -2.13. The first kappa shape index (κ1) is 13.8. The second kappa shape index (κ2) is 6.10. The number of benzene rings is 2. The SMILES string of the molecule is CCNC(Cn1c(C)nc2ccccc21)c1ccccc1. The first-order valence-corrected chi connectivity index (χ1v) is 7.49. The van der Waals surface area contributed by atoms with Crippen molar-refractivity contribution in [1.82, 2.24) is 14.9 Å². The minimum absolute atomic E-state index is 0.299. The first-order valence-electron chi connectivity index (χ1n) is 7.49.